The van der Waals surface area contributed by atoms with Crippen molar-refractivity contribution in [3.8, 4) is 0 Å². The van der Waals surface area contributed by atoms with Crippen molar-refractivity contribution >= 4 is 12.0 Å². The van der Waals surface area contributed by atoms with Gasteiger partial charge in [0.15, 0.2) is 0 Å². The summed E-state index contributed by atoms with van der Waals surface area (Å²) in [5.74, 6) is -0.822. The number of amides is 2. The largest absolute Gasteiger partial charge is 0.444 e. The van der Waals surface area contributed by atoms with E-state index in [2.05, 4.69) is 5.32 Å². The van der Waals surface area contributed by atoms with Crippen LogP contribution in [0.15, 0.2) is 18.2 Å². The first kappa shape index (κ1) is 16.9. The van der Waals surface area contributed by atoms with Gasteiger partial charge in [-0.15, -0.1) is 0 Å². The van der Waals surface area contributed by atoms with Crippen LogP contribution in [0.3, 0.4) is 0 Å². The zero-order valence-corrected chi connectivity index (χ0v) is 13.0. The predicted molar refractivity (Wildman–Crippen MR) is 77.5 cm³/mol. The smallest absolute Gasteiger partial charge is 0.407 e. The van der Waals surface area contributed by atoms with Crippen molar-refractivity contribution in [2.24, 2.45) is 0 Å². The molecule has 0 radical (unpaired) electrons. The number of benzene rings is 1. The Bertz CT molecular complexity index is 536. The topological polar surface area (TPSA) is 58.6 Å². The van der Waals surface area contributed by atoms with Crippen LogP contribution in [0.2, 0.25) is 0 Å². The highest BCUT2D eigenvalue weighted by Gasteiger charge is 2.18. The van der Waals surface area contributed by atoms with Crippen LogP contribution in [0, 0.1) is 5.82 Å². The van der Waals surface area contributed by atoms with E-state index in [0.717, 1.165) is 6.07 Å². The standard InChI is InChI=1S/C15H21FN2O3/c1-15(2,3)21-14(20)17-9-10-6-7-11(16)8-12(10)13(19)18(4)5/h6-8H,9H2,1-5H3,(H,17,20). The fourth-order valence-corrected chi connectivity index (χ4v) is 1.62. The summed E-state index contributed by atoms with van der Waals surface area (Å²) in [6, 6.07) is 3.89. The zero-order valence-electron chi connectivity index (χ0n) is 13.0. The lowest BCUT2D eigenvalue weighted by molar-refractivity contribution is 0.0522. The molecule has 0 aliphatic rings. The number of rotatable bonds is 3. The third-order valence-corrected chi connectivity index (χ3v) is 2.53. The Morgan fingerprint density at radius 2 is 1.90 bits per heavy atom. The van der Waals surface area contributed by atoms with Crippen LogP contribution in [-0.4, -0.2) is 36.6 Å². The molecule has 0 aromatic heterocycles. The van der Waals surface area contributed by atoms with Gasteiger partial charge in [0.05, 0.1) is 0 Å². The number of hydrogen-bond donors (Lipinski definition) is 1. The summed E-state index contributed by atoms with van der Waals surface area (Å²) >= 11 is 0. The SMILES string of the molecule is CN(C)C(=O)c1cc(F)ccc1CNC(=O)OC(C)(C)C. The number of halogens is 1. The Balaban J connectivity index is 2.84. The average molecular weight is 296 g/mol. The highest BCUT2D eigenvalue weighted by Crippen LogP contribution is 2.14. The van der Waals surface area contributed by atoms with Gasteiger partial charge in [-0.25, -0.2) is 9.18 Å². The van der Waals surface area contributed by atoms with Crippen molar-refractivity contribution in [2.75, 3.05) is 14.1 Å². The van der Waals surface area contributed by atoms with E-state index in [9.17, 15) is 14.0 Å². The molecule has 5 nitrogen and oxygen atoms in total. The molecule has 1 rings (SSSR count). The second-order valence-corrected chi connectivity index (χ2v) is 5.86. The van der Waals surface area contributed by atoms with E-state index in [1.807, 2.05) is 0 Å². The molecule has 0 saturated carbocycles. The number of carbonyl (C=O) groups is 2. The molecule has 0 heterocycles. The highest BCUT2D eigenvalue weighted by atomic mass is 19.1. The molecule has 1 aromatic carbocycles. The molecular weight excluding hydrogens is 275 g/mol. The fourth-order valence-electron chi connectivity index (χ4n) is 1.62. The summed E-state index contributed by atoms with van der Waals surface area (Å²) in [7, 11) is 3.16. The lowest BCUT2D eigenvalue weighted by Crippen LogP contribution is -2.33. The molecule has 1 aromatic rings. The Morgan fingerprint density at radius 1 is 1.29 bits per heavy atom. The average Bonchev–Trinajstić information content (AvgIpc) is 2.34. The van der Waals surface area contributed by atoms with Gasteiger partial charge in [-0.2, -0.15) is 0 Å². The van der Waals surface area contributed by atoms with Crippen molar-refractivity contribution < 1.29 is 18.7 Å². The second kappa shape index (κ2) is 6.56. The van der Waals surface area contributed by atoms with E-state index in [1.54, 1.807) is 34.9 Å². The lowest BCUT2D eigenvalue weighted by Gasteiger charge is -2.20. The first-order chi connectivity index (χ1) is 9.60. The van der Waals surface area contributed by atoms with Gasteiger partial charge in [0.2, 0.25) is 0 Å². The van der Waals surface area contributed by atoms with E-state index in [-0.39, 0.29) is 18.0 Å². The van der Waals surface area contributed by atoms with Gasteiger partial charge in [0.1, 0.15) is 11.4 Å². The molecule has 0 saturated heterocycles. The highest BCUT2D eigenvalue weighted by molar-refractivity contribution is 5.95. The first-order valence-electron chi connectivity index (χ1n) is 6.57. The van der Waals surface area contributed by atoms with Gasteiger partial charge < -0.3 is 15.0 Å². The van der Waals surface area contributed by atoms with Crippen molar-refractivity contribution in [3.05, 3.63) is 35.1 Å². The summed E-state index contributed by atoms with van der Waals surface area (Å²) in [6.07, 6.45) is -0.588. The Hall–Kier alpha value is -2.11. The van der Waals surface area contributed by atoms with E-state index >= 15 is 0 Å². The molecule has 2 amide bonds. The van der Waals surface area contributed by atoms with Crippen molar-refractivity contribution in [3.63, 3.8) is 0 Å². The minimum absolute atomic E-state index is 0.0874. The van der Waals surface area contributed by atoms with Crippen LogP contribution < -0.4 is 5.32 Å². The monoisotopic (exact) mass is 296 g/mol. The molecular formula is C15H21FN2O3. The van der Waals surface area contributed by atoms with Crippen LogP contribution in [-0.2, 0) is 11.3 Å². The first-order valence-corrected chi connectivity index (χ1v) is 6.57. The van der Waals surface area contributed by atoms with E-state index < -0.39 is 17.5 Å². The predicted octanol–water partition coefficient (Wildman–Crippen LogP) is 2.55. The van der Waals surface area contributed by atoms with Gasteiger partial charge in [0.25, 0.3) is 5.91 Å². The molecule has 1 N–H and O–H groups in total. The van der Waals surface area contributed by atoms with E-state index in [4.69, 9.17) is 4.74 Å². The number of carbonyl (C=O) groups excluding carboxylic acids is 2. The number of nitrogens with zero attached hydrogens (tertiary/aromatic N) is 1. The van der Waals surface area contributed by atoms with Gasteiger partial charge in [-0.05, 0) is 38.5 Å². The van der Waals surface area contributed by atoms with E-state index in [0.29, 0.717) is 5.56 Å². The van der Waals surface area contributed by atoms with Gasteiger partial charge in [-0.1, -0.05) is 6.07 Å². The fraction of sp³-hybridized carbons (Fsp3) is 0.467. The minimum Gasteiger partial charge on any atom is -0.444 e. The van der Waals surface area contributed by atoms with Gasteiger partial charge in [0, 0.05) is 26.2 Å². The number of alkyl carbamates (subject to hydrolysis) is 1. The van der Waals surface area contributed by atoms with Crippen LogP contribution in [0.4, 0.5) is 9.18 Å². The van der Waals surface area contributed by atoms with Crippen molar-refractivity contribution in [1.82, 2.24) is 10.2 Å². The third kappa shape index (κ3) is 5.41. The Labute approximate surface area is 124 Å². The van der Waals surface area contributed by atoms with Crippen LogP contribution in [0.5, 0.6) is 0 Å². The summed E-state index contributed by atoms with van der Waals surface area (Å²) in [5.41, 5.74) is 0.145. The normalized spacial score (nSPS) is 11.0. The molecule has 21 heavy (non-hydrogen) atoms. The van der Waals surface area contributed by atoms with Gasteiger partial charge >= 0.3 is 6.09 Å². The molecule has 116 valence electrons. The molecule has 0 spiro atoms. The molecule has 0 bridgehead atoms. The minimum atomic E-state index is -0.602. The number of nitrogens with one attached hydrogen (secondary N) is 1. The molecule has 6 heteroatoms. The summed E-state index contributed by atoms with van der Waals surface area (Å²) in [4.78, 5) is 25.0. The Kier molecular flexibility index (Phi) is 5.29. The maximum atomic E-state index is 13.3. The molecule has 0 atom stereocenters. The van der Waals surface area contributed by atoms with Crippen LogP contribution in [0.1, 0.15) is 36.7 Å². The van der Waals surface area contributed by atoms with Crippen LogP contribution in [0.25, 0.3) is 0 Å². The molecule has 0 aliphatic carbocycles. The summed E-state index contributed by atoms with van der Waals surface area (Å²) in [6.45, 7) is 5.35. The quantitative estimate of drug-likeness (QED) is 0.932. The lowest BCUT2D eigenvalue weighted by atomic mass is 10.1. The number of hydrogen-bond acceptors (Lipinski definition) is 3. The number of ether oxygens (including phenoxy) is 1. The van der Waals surface area contributed by atoms with Crippen molar-refractivity contribution in [2.45, 2.75) is 32.9 Å². The Morgan fingerprint density at radius 3 is 2.43 bits per heavy atom. The van der Waals surface area contributed by atoms with Crippen LogP contribution >= 0.6 is 0 Å². The molecule has 0 fully saturated rings. The maximum absolute atomic E-state index is 13.3. The zero-order chi connectivity index (χ0) is 16.2. The van der Waals surface area contributed by atoms with Gasteiger partial charge in [-0.3, -0.25) is 4.79 Å². The summed E-state index contributed by atoms with van der Waals surface area (Å²) < 4.78 is 18.4. The second-order valence-electron chi connectivity index (χ2n) is 5.86. The van der Waals surface area contributed by atoms with Crippen molar-refractivity contribution in [1.29, 1.82) is 0 Å². The van der Waals surface area contributed by atoms with E-state index in [1.165, 1.54) is 17.0 Å². The molecule has 0 aliphatic heterocycles. The maximum Gasteiger partial charge on any atom is 0.407 e. The third-order valence-electron chi connectivity index (χ3n) is 2.53. The summed E-state index contributed by atoms with van der Waals surface area (Å²) in [5, 5.41) is 2.55. The molecule has 0 unspecified atom stereocenters.